The maximum absolute atomic E-state index is 11.1. The predicted octanol–water partition coefficient (Wildman–Crippen LogP) is 2.15. The number of aryl methyl sites for hydroxylation is 2. The lowest BCUT2D eigenvalue weighted by molar-refractivity contribution is 0.0695. The molecule has 0 amide bonds. The summed E-state index contributed by atoms with van der Waals surface area (Å²) in [6, 6.07) is 1.85. The highest BCUT2D eigenvalue weighted by Gasteiger charge is 2.31. The molecule has 0 aliphatic heterocycles. The van der Waals surface area contributed by atoms with Gasteiger partial charge in [0.15, 0.2) is 0 Å². The third kappa shape index (κ3) is 1.42. The molecule has 3 nitrogen and oxygen atoms in total. The second kappa shape index (κ2) is 3.05. The summed E-state index contributed by atoms with van der Waals surface area (Å²) < 4.78 is 0. The number of pyridine rings is 1. The highest BCUT2D eigenvalue weighted by atomic mass is 16.4. The summed E-state index contributed by atoms with van der Waals surface area (Å²) >= 11 is 0. The van der Waals surface area contributed by atoms with Crippen molar-refractivity contribution < 1.29 is 9.90 Å². The van der Waals surface area contributed by atoms with E-state index in [1.165, 1.54) is 0 Å². The third-order valence-corrected chi connectivity index (χ3v) is 3.27. The van der Waals surface area contributed by atoms with Crippen LogP contribution in [0.5, 0.6) is 0 Å². The summed E-state index contributed by atoms with van der Waals surface area (Å²) in [5.41, 5.74) is 3.57. The molecule has 1 saturated carbocycles. The molecular formula is C12H13NO2. The molecule has 1 heterocycles. The number of hydrogen-bond acceptors (Lipinski definition) is 2. The lowest BCUT2D eigenvalue weighted by Gasteiger charge is -2.07. The molecule has 78 valence electrons. The van der Waals surface area contributed by atoms with Crippen LogP contribution in [-0.4, -0.2) is 16.1 Å². The van der Waals surface area contributed by atoms with E-state index in [1.807, 2.05) is 6.07 Å². The average molecular weight is 203 g/mol. The average Bonchev–Trinajstić information content (AvgIpc) is 2.95. The zero-order valence-corrected chi connectivity index (χ0v) is 8.49. The van der Waals surface area contributed by atoms with Crippen LogP contribution in [-0.2, 0) is 12.8 Å². The summed E-state index contributed by atoms with van der Waals surface area (Å²) in [7, 11) is 0. The van der Waals surface area contributed by atoms with Crippen LogP contribution >= 0.6 is 0 Å². The Morgan fingerprint density at radius 1 is 1.40 bits per heavy atom. The Labute approximate surface area is 88.1 Å². The first-order valence-corrected chi connectivity index (χ1v) is 5.51. The molecule has 3 rings (SSSR count). The number of carbonyl (C=O) groups is 1. The van der Waals surface area contributed by atoms with Crippen LogP contribution in [0.4, 0.5) is 0 Å². The van der Waals surface area contributed by atoms with Gasteiger partial charge in [-0.25, -0.2) is 4.79 Å². The maximum Gasteiger partial charge on any atom is 0.337 e. The normalized spacial score (nSPS) is 18.9. The summed E-state index contributed by atoms with van der Waals surface area (Å²) in [6.45, 7) is 0. The lowest BCUT2D eigenvalue weighted by atomic mass is 10.1. The number of carboxylic acid groups (broad SMARTS) is 1. The molecule has 0 bridgehead atoms. The Morgan fingerprint density at radius 3 is 2.87 bits per heavy atom. The minimum Gasteiger partial charge on any atom is -0.478 e. The van der Waals surface area contributed by atoms with E-state index in [-0.39, 0.29) is 0 Å². The second-order valence-corrected chi connectivity index (χ2v) is 4.46. The molecule has 1 aromatic rings. The van der Waals surface area contributed by atoms with E-state index >= 15 is 0 Å². The van der Waals surface area contributed by atoms with Crippen molar-refractivity contribution in [3.63, 3.8) is 0 Å². The van der Waals surface area contributed by atoms with Gasteiger partial charge in [-0.1, -0.05) is 0 Å². The topological polar surface area (TPSA) is 50.2 Å². The molecule has 0 atom stereocenters. The number of carboxylic acids is 1. The largest absolute Gasteiger partial charge is 0.478 e. The molecule has 2 aliphatic carbocycles. The smallest absolute Gasteiger partial charge is 0.337 e. The van der Waals surface area contributed by atoms with Crippen molar-refractivity contribution in [3.05, 3.63) is 28.6 Å². The molecule has 3 heteroatoms. The standard InChI is InChI=1S/C12H13NO2/c14-12(15)9-6-8-2-1-3-10(8)13-11(9)7-4-5-7/h6-7H,1-5H2,(H,14,15). The van der Waals surface area contributed by atoms with Crippen LogP contribution in [0, 0.1) is 0 Å². The molecule has 0 saturated heterocycles. The van der Waals surface area contributed by atoms with Crippen LogP contribution in [0.15, 0.2) is 6.07 Å². The molecule has 0 unspecified atom stereocenters. The first kappa shape index (κ1) is 8.89. The van der Waals surface area contributed by atoms with Gasteiger partial charge >= 0.3 is 5.97 Å². The van der Waals surface area contributed by atoms with Crippen LogP contribution < -0.4 is 0 Å². The van der Waals surface area contributed by atoms with Crippen molar-refractivity contribution in [1.29, 1.82) is 0 Å². The van der Waals surface area contributed by atoms with E-state index in [9.17, 15) is 4.79 Å². The van der Waals surface area contributed by atoms with Crippen LogP contribution in [0.1, 0.15) is 52.5 Å². The molecule has 0 aromatic carbocycles. The van der Waals surface area contributed by atoms with Gasteiger partial charge in [0, 0.05) is 11.6 Å². The van der Waals surface area contributed by atoms with E-state index in [0.717, 1.165) is 49.1 Å². The Balaban J connectivity index is 2.14. The lowest BCUT2D eigenvalue weighted by Crippen LogP contribution is -2.06. The number of fused-ring (bicyclic) bond motifs is 1. The summed E-state index contributed by atoms with van der Waals surface area (Å²) in [5.74, 6) is -0.402. The number of rotatable bonds is 2. The molecule has 15 heavy (non-hydrogen) atoms. The van der Waals surface area contributed by atoms with Gasteiger partial charge in [-0.05, 0) is 43.7 Å². The van der Waals surface area contributed by atoms with Gasteiger partial charge in [0.2, 0.25) is 0 Å². The summed E-state index contributed by atoms with van der Waals surface area (Å²) in [5, 5.41) is 9.13. The van der Waals surface area contributed by atoms with Crippen LogP contribution in [0.2, 0.25) is 0 Å². The number of aromatic nitrogens is 1. The predicted molar refractivity (Wildman–Crippen MR) is 55.2 cm³/mol. The van der Waals surface area contributed by atoms with Gasteiger partial charge in [-0.3, -0.25) is 4.98 Å². The van der Waals surface area contributed by atoms with Gasteiger partial charge in [0.25, 0.3) is 0 Å². The van der Waals surface area contributed by atoms with E-state index in [2.05, 4.69) is 4.98 Å². The van der Waals surface area contributed by atoms with Crippen molar-refractivity contribution in [1.82, 2.24) is 4.98 Å². The Morgan fingerprint density at radius 2 is 2.20 bits per heavy atom. The fourth-order valence-corrected chi connectivity index (χ4v) is 2.33. The monoisotopic (exact) mass is 203 g/mol. The molecule has 0 spiro atoms. The van der Waals surface area contributed by atoms with Crippen molar-refractivity contribution in [2.24, 2.45) is 0 Å². The highest BCUT2D eigenvalue weighted by Crippen LogP contribution is 2.41. The van der Waals surface area contributed by atoms with Gasteiger partial charge in [0.1, 0.15) is 0 Å². The van der Waals surface area contributed by atoms with Crippen molar-refractivity contribution in [2.75, 3.05) is 0 Å². The SMILES string of the molecule is O=C(O)c1cc2c(nc1C1CC1)CCC2. The van der Waals surface area contributed by atoms with Gasteiger partial charge in [-0.2, -0.15) is 0 Å². The maximum atomic E-state index is 11.1. The van der Waals surface area contributed by atoms with Gasteiger partial charge in [0.05, 0.1) is 11.3 Å². The van der Waals surface area contributed by atoms with Crippen LogP contribution in [0.25, 0.3) is 0 Å². The Hall–Kier alpha value is -1.38. The Bertz CT molecular complexity index is 435. The quantitative estimate of drug-likeness (QED) is 0.801. The Kier molecular flexibility index (Phi) is 1.81. The molecule has 1 N–H and O–H groups in total. The number of nitrogens with zero attached hydrogens (tertiary/aromatic N) is 1. The van der Waals surface area contributed by atoms with Crippen molar-refractivity contribution >= 4 is 5.97 Å². The molecule has 0 radical (unpaired) electrons. The minimum atomic E-state index is -0.820. The summed E-state index contributed by atoms with van der Waals surface area (Å²) in [4.78, 5) is 15.7. The van der Waals surface area contributed by atoms with Gasteiger partial charge in [-0.15, -0.1) is 0 Å². The van der Waals surface area contributed by atoms with Crippen molar-refractivity contribution in [2.45, 2.75) is 38.0 Å². The molecular weight excluding hydrogens is 190 g/mol. The van der Waals surface area contributed by atoms with Crippen molar-refractivity contribution in [3.8, 4) is 0 Å². The fraction of sp³-hybridized carbons (Fsp3) is 0.500. The van der Waals surface area contributed by atoms with Gasteiger partial charge < -0.3 is 5.11 Å². The second-order valence-electron chi connectivity index (χ2n) is 4.46. The fourth-order valence-electron chi connectivity index (χ4n) is 2.33. The first-order chi connectivity index (χ1) is 7.25. The summed E-state index contributed by atoms with van der Waals surface area (Å²) in [6.07, 6.45) is 5.34. The zero-order valence-electron chi connectivity index (χ0n) is 8.49. The van der Waals surface area contributed by atoms with E-state index in [4.69, 9.17) is 5.11 Å². The first-order valence-electron chi connectivity index (χ1n) is 5.51. The highest BCUT2D eigenvalue weighted by molar-refractivity contribution is 5.89. The van der Waals surface area contributed by atoms with Crippen LogP contribution in [0.3, 0.4) is 0 Å². The third-order valence-electron chi connectivity index (χ3n) is 3.27. The molecule has 2 aliphatic rings. The molecule has 1 aromatic heterocycles. The number of hydrogen-bond donors (Lipinski definition) is 1. The van der Waals surface area contributed by atoms with E-state index in [1.54, 1.807) is 0 Å². The zero-order chi connectivity index (χ0) is 10.4. The molecule has 1 fully saturated rings. The van der Waals surface area contributed by atoms with E-state index < -0.39 is 5.97 Å². The minimum absolute atomic E-state index is 0.419. The number of aromatic carboxylic acids is 1. The van der Waals surface area contributed by atoms with E-state index in [0.29, 0.717) is 11.5 Å².